The number of primary amides is 1. The van der Waals surface area contributed by atoms with Gasteiger partial charge in [0.1, 0.15) is 0 Å². The van der Waals surface area contributed by atoms with E-state index in [0.717, 1.165) is 5.56 Å². The van der Waals surface area contributed by atoms with Crippen LogP contribution < -0.4 is 22.1 Å². The molecule has 3 aromatic rings. The molecule has 0 fully saturated rings. The minimum absolute atomic E-state index is 0.157. The lowest BCUT2D eigenvalue weighted by Crippen LogP contribution is -2.25. The number of amides is 3. The van der Waals surface area contributed by atoms with Crippen molar-refractivity contribution >= 4 is 28.7 Å². The molecule has 0 atom stereocenters. The number of anilines is 1. The highest BCUT2D eigenvalue weighted by molar-refractivity contribution is 5.87. The molecule has 0 radical (unpaired) electrons. The van der Waals surface area contributed by atoms with Crippen LogP contribution in [0.15, 0.2) is 57.7 Å². The summed E-state index contributed by atoms with van der Waals surface area (Å²) in [5, 5.41) is 5.26. The zero-order valence-electron chi connectivity index (χ0n) is 13.9. The van der Waals surface area contributed by atoms with Crippen LogP contribution in [0, 0.1) is 0 Å². The molecule has 0 bridgehead atoms. The second-order valence-corrected chi connectivity index (χ2v) is 5.70. The molecule has 2 aromatic carbocycles. The molecule has 26 heavy (non-hydrogen) atoms. The molecule has 0 unspecified atom stereocenters. The lowest BCUT2D eigenvalue weighted by Gasteiger charge is -2.07. The average molecular weight is 354 g/mol. The SMILES string of the molecule is NC(=O)Nc1ccc(CNC(=O)CCn2c(=O)oc3ccccc32)cc1. The van der Waals surface area contributed by atoms with Gasteiger partial charge < -0.3 is 20.8 Å². The van der Waals surface area contributed by atoms with Crippen LogP contribution in [0.5, 0.6) is 0 Å². The fourth-order valence-electron chi connectivity index (χ4n) is 2.58. The van der Waals surface area contributed by atoms with Crippen molar-refractivity contribution in [2.24, 2.45) is 5.73 Å². The molecule has 1 aromatic heterocycles. The molecule has 0 aliphatic rings. The first-order valence-corrected chi connectivity index (χ1v) is 8.03. The van der Waals surface area contributed by atoms with E-state index >= 15 is 0 Å². The Morgan fingerprint density at radius 3 is 2.54 bits per heavy atom. The number of hydrogen-bond donors (Lipinski definition) is 3. The maximum absolute atomic E-state index is 12.0. The number of oxazole rings is 1. The molecule has 134 valence electrons. The minimum Gasteiger partial charge on any atom is -0.408 e. The predicted molar refractivity (Wildman–Crippen MR) is 96.6 cm³/mol. The fraction of sp³-hybridized carbons (Fsp3) is 0.167. The topological polar surface area (TPSA) is 119 Å². The van der Waals surface area contributed by atoms with Crippen LogP contribution in [-0.4, -0.2) is 16.5 Å². The molecule has 3 amide bonds. The Hall–Kier alpha value is -3.55. The van der Waals surface area contributed by atoms with Gasteiger partial charge in [-0.15, -0.1) is 0 Å². The lowest BCUT2D eigenvalue weighted by atomic mass is 10.2. The van der Waals surface area contributed by atoms with Crippen LogP contribution in [0.25, 0.3) is 11.1 Å². The van der Waals surface area contributed by atoms with Crippen LogP contribution in [0.1, 0.15) is 12.0 Å². The highest BCUT2D eigenvalue weighted by atomic mass is 16.4. The molecule has 8 heteroatoms. The highest BCUT2D eigenvalue weighted by Crippen LogP contribution is 2.12. The van der Waals surface area contributed by atoms with Crippen LogP contribution in [-0.2, 0) is 17.9 Å². The van der Waals surface area contributed by atoms with E-state index in [-0.39, 0.29) is 18.9 Å². The summed E-state index contributed by atoms with van der Waals surface area (Å²) in [6, 6.07) is 13.4. The second-order valence-electron chi connectivity index (χ2n) is 5.70. The minimum atomic E-state index is -0.631. The van der Waals surface area contributed by atoms with Gasteiger partial charge in [0.15, 0.2) is 5.58 Å². The smallest absolute Gasteiger partial charge is 0.408 e. The standard InChI is InChI=1S/C18H18N4O4/c19-17(24)21-13-7-5-12(6-8-13)11-20-16(23)9-10-22-14-3-1-2-4-15(14)26-18(22)25/h1-8H,9-11H2,(H,20,23)(H3,19,21,24). The van der Waals surface area contributed by atoms with Crippen LogP contribution >= 0.6 is 0 Å². The summed E-state index contributed by atoms with van der Waals surface area (Å²) in [7, 11) is 0. The van der Waals surface area contributed by atoms with Gasteiger partial charge in [0.25, 0.3) is 0 Å². The molecule has 8 nitrogen and oxygen atoms in total. The van der Waals surface area contributed by atoms with E-state index < -0.39 is 11.8 Å². The van der Waals surface area contributed by atoms with E-state index in [2.05, 4.69) is 10.6 Å². The fourth-order valence-corrected chi connectivity index (χ4v) is 2.58. The van der Waals surface area contributed by atoms with Crippen molar-refractivity contribution in [3.8, 4) is 0 Å². The van der Waals surface area contributed by atoms with Crippen LogP contribution in [0.3, 0.4) is 0 Å². The average Bonchev–Trinajstić information content (AvgIpc) is 2.94. The van der Waals surface area contributed by atoms with Crippen molar-refractivity contribution in [2.45, 2.75) is 19.5 Å². The van der Waals surface area contributed by atoms with Gasteiger partial charge in [-0.05, 0) is 29.8 Å². The number of aromatic nitrogens is 1. The van der Waals surface area contributed by atoms with Crippen molar-refractivity contribution in [3.63, 3.8) is 0 Å². The molecular weight excluding hydrogens is 336 g/mol. The molecule has 0 spiro atoms. The maximum Gasteiger partial charge on any atom is 0.419 e. The van der Waals surface area contributed by atoms with Crippen molar-refractivity contribution in [2.75, 3.05) is 5.32 Å². The van der Waals surface area contributed by atoms with E-state index in [1.807, 2.05) is 6.07 Å². The Kier molecular flexibility index (Phi) is 5.02. The largest absolute Gasteiger partial charge is 0.419 e. The molecule has 1 heterocycles. The van der Waals surface area contributed by atoms with E-state index in [1.165, 1.54) is 4.57 Å². The molecule has 0 aliphatic heterocycles. The third kappa shape index (κ3) is 4.10. The number of para-hydroxylation sites is 2. The Morgan fingerprint density at radius 1 is 1.08 bits per heavy atom. The van der Waals surface area contributed by atoms with Gasteiger partial charge in [0, 0.05) is 25.2 Å². The first-order valence-electron chi connectivity index (χ1n) is 8.03. The third-order valence-electron chi connectivity index (χ3n) is 3.85. The van der Waals surface area contributed by atoms with Gasteiger partial charge in [-0.25, -0.2) is 9.59 Å². The normalized spacial score (nSPS) is 10.6. The summed E-state index contributed by atoms with van der Waals surface area (Å²) < 4.78 is 6.58. The number of aryl methyl sites for hydroxylation is 1. The Bertz CT molecular complexity index is 988. The summed E-state index contributed by atoms with van der Waals surface area (Å²) in [6.45, 7) is 0.583. The van der Waals surface area contributed by atoms with Gasteiger partial charge in [0.2, 0.25) is 5.91 Å². The zero-order valence-corrected chi connectivity index (χ0v) is 13.9. The predicted octanol–water partition coefficient (Wildman–Crippen LogP) is 1.79. The Balaban J connectivity index is 1.53. The number of urea groups is 1. The van der Waals surface area contributed by atoms with Gasteiger partial charge in [0.05, 0.1) is 5.52 Å². The van der Waals surface area contributed by atoms with Crippen molar-refractivity contribution < 1.29 is 14.0 Å². The first-order chi connectivity index (χ1) is 12.5. The second kappa shape index (κ2) is 7.56. The number of carbonyl (C=O) groups is 2. The number of carbonyl (C=O) groups excluding carboxylic acids is 2. The number of benzene rings is 2. The number of rotatable bonds is 6. The monoisotopic (exact) mass is 354 g/mol. The Morgan fingerprint density at radius 2 is 1.81 bits per heavy atom. The summed E-state index contributed by atoms with van der Waals surface area (Å²) in [5.41, 5.74) is 7.67. The van der Waals surface area contributed by atoms with Gasteiger partial charge >= 0.3 is 11.8 Å². The molecular formula is C18H18N4O4. The summed E-state index contributed by atoms with van der Waals surface area (Å²) in [6.07, 6.45) is 0.157. The number of nitrogens with zero attached hydrogens (tertiary/aromatic N) is 1. The van der Waals surface area contributed by atoms with E-state index in [1.54, 1.807) is 42.5 Å². The van der Waals surface area contributed by atoms with E-state index in [4.69, 9.17) is 10.2 Å². The molecule has 0 aliphatic carbocycles. The highest BCUT2D eigenvalue weighted by Gasteiger charge is 2.10. The third-order valence-corrected chi connectivity index (χ3v) is 3.85. The number of fused-ring (bicyclic) bond motifs is 1. The summed E-state index contributed by atoms with van der Waals surface area (Å²) in [4.78, 5) is 34.7. The molecule has 3 rings (SSSR count). The van der Waals surface area contributed by atoms with Crippen molar-refractivity contribution in [1.82, 2.24) is 9.88 Å². The van der Waals surface area contributed by atoms with Gasteiger partial charge in [-0.3, -0.25) is 9.36 Å². The quantitative estimate of drug-likeness (QED) is 0.625. The number of nitrogens with one attached hydrogen (secondary N) is 2. The van der Waals surface area contributed by atoms with Crippen molar-refractivity contribution in [3.05, 3.63) is 64.6 Å². The zero-order chi connectivity index (χ0) is 18.5. The first kappa shape index (κ1) is 17.3. The number of hydrogen-bond acceptors (Lipinski definition) is 4. The summed E-state index contributed by atoms with van der Waals surface area (Å²) in [5.74, 6) is -0.655. The van der Waals surface area contributed by atoms with Crippen molar-refractivity contribution in [1.29, 1.82) is 0 Å². The Labute approximate surface area is 148 Å². The molecule has 4 N–H and O–H groups in total. The maximum atomic E-state index is 12.0. The molecule has 0 saturated carbocycles. The molecule has 0 saturated heterocycles. The van der Waals surface area contributed by atoms with Gasteiger partial charge in [-0.1, -0.05) is 24.3 Å². The van der Waals surface area contributed by atoms with Crippen LogP contribution in [0.4, 0.5) is 10.5 Å². The number of nitrogens with two attached hydrogens (primary N) is 1. The summed E-state index contributed by atoms with van der Waals surface area (Å²) >= 11 is 0. The lowest BCUT2D eigenvalue weighted by molar-refractivity contribution is -0.121. The van der Waals surface area contributed by atoms with Gasteiger partial charge in [-0.2, -0.15) is 0 Å². The van der Waals surface area contributed by atoms with Crippen LogP contribution in [0.2, 0.25) is 0 Å². The van der Waals surface area contributed by atoms with E-state index in [0.29, 0.717) is 23.3 Å². The van der Waals surface area contributed by atoms with E-state index in [9.17, 15) is 14.4 Å².